The number of nitrogens with zero attached hydrogens (tertiary/aromatic N) is 3. The molecule has 0 atom stereocenters. The van der Waals surface area contributed by atoms with Crippen LogP contribution in [0.15, 0.2) is 97.1 Å². The van der Waals surface area contributed by atoms with Crippen LogP contribution in [0.25, 0.3) is 43.8 Å². The summed E-state index contributed by atoms with van der Waals surface area (Å²) < 4.78 is 1.05. The first kappa shape index (κ1) is 21.1. The van der Waals surface area contributed by atoms with Crippen molar-refractivity contribution in [2.24, 2.45) is 0 Å². The van der Waals surface area contributed by atoms with Gasteiger partial charge in [0.2, 0.25) is 0 Å². The second-order valence-electron chi connectivity index (χ2n) is 8.30. The van der Waals surface area contributed by atoms with E-state index < -0.39 is 0 Å². The number of amides is 1. The Balaban J connectivity index is 1.40. The van der Waals surface area contributed by atoms with Gasteiger partial charge in [0.15, 0.2) is 5.13 Å². The number of nitrogens with one attached hydrogen (secondary N) is 1. The van der Waals surface area contributed by atoms with Gasteiger partial charge in [-0.3, -0.25) is 10.1 Å². The van der Waals surface area contributed by atoms with Crippen LogP contribution in [0.1, 0.15) is 15.9 Å². The first-order chi connectivity index (χ1) is 17.1. The van der Waals surface area contributed by atoms with E-state index in [1.165, 1.54) is 11.3 Å². The third kappa shape index (κ3) is 4.16. The molecule has 2 heterocycles. The molecule has 0 aliphatic carbocycles. The molecule has 1 amide bonds. The van der Waals surface area contributed by atoms with Gasteiger partial charge in [-0.15, -0.1) is 0 Å². The molecule has 0 saturated carbocycles. The number of benzene rings is 4. The van der Waals surface area contributed by atoms with Crippen molar-refractivity contribution in [3.8, 4) is 22.5 Å². The predicted molar refractivity (Wildman–Crippen MR) is 143 cm³/mol. The third-order valence-corrected chi connectivity index (χ3v) is 6.72. The van der Waals surface area contributed by atoms with Gasteiger partial charge in [-0.25, -0.2) is 15.0 Å². The van der Waals surface area contributed by atoms with Crippen molar-refractivity contribution in [2.75, 3.05) is 5.32 Å². The molecule has 0 saturated heterocycles. The average molecular weight is 473 g/mol. The van der Waals surface area contributed by atoms with E-state index in [0.717, 1.165) is 43.8 Å². The maximum Gasteiger partial charge on any atom is 0.257 e. The maximum absolute atomic E-state index is 13.1. The van der Waals surface area contributed by atoms with E-state index in [2.05, 4.69) is 16.4 Å². The average Bonchev–Trinajstić information content (AvgIpc) is 3.29. The van der Waals surface area contributed by atoms with Crippen LogP contribution >= 0.6 is 11.3 Å². The number of fused-ring (bicyclic) bond motifs is 2. The van der Waals surface area contributed by atoms with E-state index >= 15 is 0 Å². The van der Waals surface area contributed by atoms with Gasteiger partial charge in [0.25, 0.3) is 5.91 Å². The van der Waals surface area contributed by atoms with Gasteiger partial charge in [-0.05, 0) is 42.8 Å². The van der Waals surface area contributed by atoms with Gasteiger partial charge < -0.3 is 0 Å². The Morgan fingerprint density at radius 3 is 2.00 bits per heavy atom. The normalized spacial score (nSPS) is 11.1. The second kappa shape index (κ2) is 8.74. The molecule has 0 aliphatic heterocycles. The largest absolute Gasteiger partial charge is 0.298 e. The van der Waals surface area contributed by atoms with Crippen molar-refractivity contribution in [1.82, 2.24) is 15.0 Å². The van der Waals surface area contributed by atoms with Crippen LogP contribution in [0.4, 0.5) is 5.13 Å². The van der Waals surface area contributed by atoms with Crippen LogP contribution in [-0.2, 0) is 0 Å². The topological polar surface area (TPSA) is 67.8 Å². The Bertz CT molecular complexity index is 1690. The Hall–Kier alpha value is -4.42. The minimum Gasteiger partial charge on any atom is -0.298 e. The first-order valence-corrected chi connectivity index (χ1v) is 12.1. The van der Waals surface area contributed by atoms with E-state index in [-0.39, 0.29) is 5.91 Å². The molecule has 0 fully saturated rings. The Morgan fingerprint density at radius 2 is 1.31 bits per heavy atom. The molecule has 6 heteroatoms. The summed E-state index contributed by atoms with van der Waals surface area (Å²) in [6.07, 6.45) is 0. The molecule has 1 N–H and O–H groups in total. The molecule has 0 bridgehead atoms. The van der Waals surface area contributed by atoms with Crippen molar-refractivity contribution in [3.63, 3.8) is 0 Å². The fraction of sp³-hybridized carbons (Fsp3) is 0.0345. The molecular weight excluding hydrogens is 452 g/mol. The fourth-order valence-electron chi connectivity index (χ4n) is 4.04. The number of carbonyl (C=O) groups excluding carboxylic acids is 1. The minimum atomic E-state index is -0.224. The lowest BCUT2D eigenvalue weighted by atomic mass is 10.0. The number of hydrogen-bond donors (Lipinski definition) is 1. The van der Waals surface area contributed by atoms with Crippen LogP contribution in [0.5, 0.6) is 0 Å². The summed E-state index contributed by atoms with van der Waals surface area (Å²) in [5, 5.41) is 3.51. The van der Waals surface area contributed by atoms with Crippen LogP contribution in [0.2, 0.25) is 0 Å². The molecule has 0 spiro atoms. The van der Waals surface area contributed by atoms with Crippen molar-refractivity contribution in [3.05, 3.63) is 108 Å². The van der Waals surface area contributed by atoms with Gasteiger partial charge in [0.1, 0.15) is 0 Å². The van der Waals surface area contributed by atoms with Gasteiger partial charge in [0, 0.05) is 16.7 Å². The van der Waals surface area contributed by atoms with Crippen molar-refractivity contribution >= 4 is 43.6 Å². The number of aromatic nitrogens is 3. The van der Waals surface area contributed by atoms with E-state index in [4.69, 9.17) is 9.97 Å². The van der Waals surface area contributed by atoms with E-state index in [0.29, 0.717) is 16.2 Å². The second-order valence-corrected chi connectivity index (χ2v) is 9.33. The highest BCUT2D eigenvalue weighted by molar-refractivity contribution is 7.22. The molecule has 0 unspecified atom stereocenters. The predicted octanol–water partition coefficient (Wildman–Crippen LogP) is 7.13. The minimum absolute atomic E-state index is 0.224. The highest BCUT2D eigenvalue weighted by atomic mass is 32.1. The molecule has 2 aromatic heterocycles. The quantitative estimate of drug-likeness (QED) is 0.296. The smallest absolute Gasteiger partial charge is 0.257 e. The zero-order valence-electron chi connectivity index (χ0n) is 18.9. The number of rotatable bonds is 4. The lowest BCUT2D eigenvalue weighted by Crippen LogP contribution is -2.11. The van der Waals surface area contributed by atoms with Gasteiger partial charge in [-0.2, -0.15) is 0 Å². The lowest BCUT2D eigenvalue weighted by molar-refractivity contribution is 0.102. The Kier molecular flexibility index (Phi) is 5.28. The summed E-state index contributed by atoms with van der Waals surface area (Å²) in [7, 11) is 0. The Morgan fingerprint density at radius 1 is 0.686 bits per heavy atom. The molecule has 168 valence electrons. The van der Waals surface area contributed by atoms with Crippen LogP contribution in [-0.4, -0.2) is 20.9 Å². The fourth-order valence-corrected chi connectivity index (χ4v) is 5.00. The summed E-state index contributed by atoms with van der Waals surface area (Å²) in [5.41, 5.74) is 7.50. The molecule has 4 aromatic carbocycles. The zero-order valence-corrected chi connectivity index (χ0v) is 19.7. The molecule has 0 radical (unpaired) electrons. The molecule has 0 aliphatic rings. The summed E-state index contributed by atoms with van der Waals surface area (Å²) in [5.74, 6) is -0.224. The van der Waals surface area contributed by atoms with E-state index in [1.807, 2.05) is 85.8 Å². The molecule has 35 heavy (non-hydrogen) atoms. The maximum atomic E-state index is 13.1. The monoisotopic (exact) mass is 472 g/mol. The van der Waals surface area contributed by atoms with Crippen molar-refractivity contribution < 1.29 is 4.79 Å². The third-order valence-electron chi connectivity index (χ3n) is 5.79. The molecule has 6 rings (SSSR count). The van der Waals surface area contributed by atoms with Gasteiger partial charge in [0.05, 0.1) is 32.6 Å². The highest BCUT2D eigenvalue weighted by Gasteiger charge is 2.16. The van der Waals surface area contributed by atoms with Crippen molar-refractivity contribution in [2.45, 2.75) is 6.92 Å². The standard InChI is InChI=1S/C29H20N4OS/c1-18-12-14-23-25(16-18)35-29(32-23)33-28(34)21-13-15-22-24(17-21)31-27(20-10-6-3-7-11-20)26(30-22)19-8-4-2-5-9-19/h2-17H,1H3,(H,32,33,34). The van der Waals surface area contributed by atoms with Gasteiger partial charge in [-0.1, -0.05) is 78.1 Å². The van der Waals surface area contributed by atoms with Gasteiger partial charge >= 0.3 is 0 Å². The summed E-state index contributed by atoms with van der Waals surface area (Å²) in [4.78, 5) is 27.5. The number of carbonyl (C=O) groups is 1. The van der Waals surface area contributed by atoms with Crippen LogP contribution < -0.4 is 5.32 Å². The molecular formula is C29H20N4OS. The van der Waals surface area contributed by atoms with E-state index in [9.17, 15) is 4.79 Å². The lowest BCUT2D eigenvalue weighted by Gasteiger charge is -2.11. The molecule has 6 aromatic rings. The summed E-state index contributed by atoms with van der Waals surface area (Å²) >= 11 is 1.47. The first-order valence-electron chi connectivity index (χ1n) is 11.3. The Labute approximate surface area is 206 Å². The number of anilines is 1. The SMILES string of the molecule is Cc1ccc2nc(NC(=O)c3ccc4nc(-c5ccccc5)c(-c5ccccc5)nc4c3)sc2c1. The number of aryl methyl sites for hydroxylation is 1. The van der Waals surface area contributed by atoms with Crippen molar-refractivity contribution in [1.29, 1.82) is 0 Å². The zero-order chi connectivity index (χ0) is 23.8. The van der Waals surface area contributed by atoms with Crippen LogP contribution in [0, 0.1) is 6.92 Å². The number of thiazole rings is 1. The summed E-state index contributed by atoms with van der Waals surface area (Å²) in [6.45, 7) is 2.04. The van der Waals surface area contributed by atoms with Crippen LogP contribution in [0.3, 0.4) is 0 Å². The van der Waals surface area contributed by atoms with E-state index in [1.54, 1.807) is 12.1 Å². The highest BCUT2D eigenvalue weighted by Crippen LogP contribution is 2.31. The summed E-state index contributed by atoms with van der Waals surface area (Å²) in [6, 6.07) is 31.5. The number of hydrogen-bond acceptors (Lipinski definition) is 5. The molecule has 5 nitrogen and oxygen atoms in total.